The van der Waals surface area contributed by atoms with Crippen LogP contribution in [0, 0.1) is 34.5 Å². The molecule has 1 saturated heterocycles. The Bertz CT molecular complexity index is 772. The highest BCUT2D eigenvalue weighted by Gasteiger charge is 2.58. The third kappa shape index (κ3) is 2.53. The van der Waals surface area contributed by atoms with Gasteiger partial charge in [-0.15, -0.1) is 0 Å². The van der Waals surface area contributed by atoms with Gasteiger partial charge in [0.2, 0.25) is 5.91 Å². The minimum Gasteiger partial charge on any atom is -0.356 e. The number of amides is 1. The Morgan fingerprint density at radius 3 is 2.85 bits per heavy atom. The third-order valence-corrected chi connectivity index (χ3v) is 9.04. The smallest absolute Gasteiger partial charge is 0.220 e. The molecule has 3 nitrogen and oxygen atoms in total. The van der Waals surface area contributed by atoms with E-state index >= 15 is 0 Å². The van der Waals surface area contributed by atoms with Gasteiger partial charge in [0.15, 0.2) is 0 Å². The van der Waals surface area contributed by atoms with E-state index in [1.165, 1.54) is 37.7 Å². The highest BCUT2D eigenvalue weighted by Crippen LogP contribution is 2.66. The first kappa shape index (κ1) is 17.5. The molecule has 1 N–H and O–H groups in total. The van der Waals surface area contributed by atoms with Gasteiger partial charge in [0.25, 0.3) is 0 Å². The van der Waals surface area contributed by atoms with Crippen molar-refractivity contribution in [2.24, 2.45) is 34.5 Å². The van der Waals surface area contributed by atoms with Crippen molar-refractivity contribution >= 4 is 11.5 Å². The molecule has 3 aliphatic carbocycles. The Morgan fingerprint density at radius 1 is 1.15 bits per heavy atom. The Labute approximate surface area is 163 Å². The number of fused-ring (bicyclic) bond motifs is 5. The Balaban J connectivity index is 1.45. The van der Waals surface area contributed by atoms with Crippen LogP contribution in [0.1, 0.15) is 64.4 Å². The van der Waals surface area contributed by atoms with E-state index in [-0.39, 0.29) is 5.91 Å². The Morgan fingerprint density at radius 2 is 2.04 bits per heavy atom. The minimum absolute atomic E-state index is 0.282. The van der Waals surface area contributed by atoms with Crippen LogP contribution in [0.3, 0.4) is 0 Å². The van der Waals surface area contributed by atoms with Crippen molar-refractivity contribution in [1.29, 1.82) is 0 Å². The van der Waals surface area contributed by atoms with Crippen molar-refractivity contribution < 1.29 is 4.79 Å². The fourth-order valence-electron chi connectivity index (χ4n) is 7.56. The number of allylic oxidation sites excluding steroid dienone is 2. The van der Waals surface area contributed by atoms with Gasteiger partial charge in [-0.1, -0.05) is 26.0 Å². The van der Waals surface area contributed by atoms with E-state index in [4.69, 9.17) is 0 Å². The molecule has 1 amide bonds. The van der Waals surface area contributed by atoms with Gasteiger partial charge in [-0.2, -0.15) is 0 Å². The molecule has 2 heterocycles. The van der Waals surface area contributed by atoms with Gasteiger partial charge in [0.05, 0.1) is 0 Å². The van der Waals surface area contributed by atoms with Crippen LogP contribution < -0.4 is 5.32 Å². The fourth-order valence-corrected chi connectivity index (χ4v) is 7.56. The maximum absolute atomic E-state index is 12.1. The zero-order chi connectivity index (χ0) is 18.6. The molecule has 2 unspecified atom stereocenters. The molecule has 5 rings (SSSR count). The van der Waals surface area contributed by atoms with E-state index in [0.717, 1.165) is 37.1 Å². The van der Waals surface area contributed by atoms with Gasteiger partial charge in [-0.25, -0.2) is 0 Å². The van der Waals surface area contributed by atoms with Gasteiger partial charge in [-0.3, -0.25) is 9.78 Å². The summed E-state index contributed by atoms with van der Waals surface area (Å²) in [7, 11) is 0. The van der Waals surface area contributed by atoms with Crippen molar-refractivity contribution in [3.63, 3.8) is 0 Å². The van der Waals surface area contributed by atoms with E-state index < -0.39 is 0 Å². The van der Waals surface area contributed by atoms with E-state index in [0.29, 0.717) is 16.7 Å². The number of nitrogens with zero attached hydrogens (tertiary/aromatic N) is 1. The maximum Gasteiger partial charge on any atom is 0.220 e. The SMILES string of the molecule is CC12CC[C@H]3C(CC[C@H]4CC(=O)NCC[C@@]43C)[C@@H]1CC=C2c1cccnc1. The van der Waals surface area contributed by atoms with E-state index in [2.05, 4.69) is 42.4 Å². The van der Waals surface area contributed by atoms with Gasteiger partial charge in [0.1, 0.15) is 0 Å². The summed E-state index contributed by atoms with van der Waals surface area (Å²) < 4.78 is 0. The molecule has 1 aromatic rings. The summed E-state index contributed by atoms with van der Waals surface area (Å²) in [6.07, 6.45) is 14.7. The van der Waals surface area contributed by atoms with Gasteiger partial charge in [0, 0.05) is 25.4 Å². The summed E-state index contributed by atoms with van der Waals surface area (Å²) in [5.41, 5.74) is 3.50. The molecule has 1 aromatic heterocycles. The number of hydrogen-bond donors (Lipinski definition) is 1. The summed E-state index contributed by atoms with van der Waals surface area (Å²) in [6.45, 7) is 5.91. The molecule has 144 valence electrons. The molecule has 3 fully saturated rings. The molecular weight excluding hydrogens is 332 g/mol. The Hall–Kier alpha value is -1.64. The van der Waals surface area contributed by atoms with Gasteiger partial charge in [-0.05, 0) is 90.2 Å². The van der Waals surface area contributed by atoms with Crippen LogP contribution in [-0.2, 0) is 4.79 Å². The zero-order valence-corrected chi connectivity index (χ0v) is 16.7. The first-order valence-electron chi connectivity index (χ1n) is 10.9. The van der Waals surface area contributed by atoms with E-state index in [1.807, 2.05) is 12.4 Å². The summed E-state index contributed by atoms with van der Waals surface area (Å²) in [5.74, 6) is 3.21. The number of rotatable bonds is 1. The summed E-state index contributed by atoms with van der Waals surface area (Å²) >= 11 is 0. The van der Waals surface area contributed by atoms with Gasteiger partial charge < -0.3 is 5.32 Å². The van der Waals surface area contributed by atoms with Crippen molar-refractivity contribution in [3.8, 4) is 0 Å². The zero-order valence-electron chi connectivity index (χ0n) is 16.7. The van der Waals surface area contributed by atoms with Crippen molar-refractivity contribution in [1.82, 2.24) is 10.3 Å². The molecule has 0 radical (unpaired) electrons. The molecule has 27 heavy (non-hydrogen) atoms. The van der Waals surface area contributed by atoms with Crippen molar-refractivity contribution in [3.05, 3.63) is 36.2 Å². The number of pyridine rings is 1. The lowest BCUT2D eigenvalue weighted by Gasteiger charge is -2.58. The summed E-state index contributed by atoms with van der Waals surface area (Å²) in [5, 5.41) is 3.15. The first-order chi connectivity index (χ1) is 13.0. The average molecular weight is 365 g/mol. The van der Waals surface area contributed by atoms with Crippen LogP contribution in [0.2, 0.25) is 0 Å². The standard InChI is InChI=1S/C24H32N2O/c1-23-11-13-26-22(27)14-17(23)5-6-18-20-8-7-19(16-4-3-12-25-15-16)24(20,2)10-9-21(18)23/h3-4,7,12,15,17-18,20-21H,5-6,8-11,13-14H2,1-2H3,(H,26,27)/t17-,18?,20-,21-,23-,24?/m0/s1. The molecule has 0 bridgehead atoms. The second kappa shape index (κ2) is 6.18. The maximum atomic E-state index is 12.1. The number of carbonyl (C=O) groups excluding carboxylic acids is 1. The predicted octanol–water partition coefficient (Wildman–Crippen LogP) is 4.84. The van der Waals surface area contributed by atoms with Crippen LogP contribution in [-0.4, -0.2) is 17.4 Å². The molecule has 3 heteroatoms. The monoisotopic (exact) mass is 364 g/mol. The second-order valence-electron chi connectivity index (χ2n) is 10.0. The van der Waals surface area contributed by atoms with Crippen LogP contribution in [0.4, 0.5) is 0 Å². The topological polar surface area (TPSA) is 42.0 Å². The largest absolute Gasteiger partial charge is 0.356 e. The second-order valence-corrected chi connectivity index (χ2v) is 10.0. The molecule has 1 aliphatic heterocycles. The van der Waals surface area contributed by atoms with E-state index in [1.54, 1.807) is 5.57 Å². The molecule has 0 aromatic carbocycles. The molecule has 0 spiro atoms. The lowest BCUT2D eigenvalue weighted by atomic mass is 9.46. The Kier molecular flexibility index (Phi) is 4.00. The quantitative estimate of drug-likeness (QED) is 0.774. The number of nitrogens with one attached hydrogen (secondary N) is 1. The number of carbonyl (C=O) groups is 1. The molecular formula is C24H32N2O. The van der Waals surface area contributed by atoms with Crippen LogP contribution in [0.25, 0.3) is 5.57 Å². The highest BCUT2D eigenvalue weighted by atomic mass is 16.1. The number of aromatic nitrogens is 1. The molecule has 6 atom stereocenters. The molecule has 2 saturated carbocycles. The first-order valence-corrected chi connectivity index (χ1v) is 10.9. The van der Waals surface area contributed by atoms with Crippen LogP contribution >= 0.6 is 0 Å². The fraction of sp³-hybridized carbons (Fsp3) is 0.667. The number of hydrogen-bond acceptors (Lipinski definition) is 2. The normalized spacial score (nSPS) is 43.6. The van der Waals surface area contributed by atoms with E-state index in [9.17, 15) is 4.79 Å². The average Bonchev–Trinajstić information content (AvgIpc) is 2.93. The lowest BCUT2D eigenvalue weighted by Crippen LogP contribution is -2.51. The van der Waals surface area contributed by atoms with Crippen LogP contribution in [0.5, 0.6) is 0 Å². The lowest BCUT2D eigenvalue weighted by molar-refractivity contribution is -0.124. The predicted molar refractivity (Wildman–Crippen MR) is 108 cm³/mol. The van der Waals surface area contributed by atoms with Gasteiger partial charge >= 0.3 is 0 Å². The third-order valence-electron chi connectivity index (χ3n) is 9.04. The highest BCUT2D eigenvalue weighted by molar-refractivity contribution is 5.76. The molecule has 4 aliphatic rings. The van der Waals surface area contributed by atoms with Crippen LogP contribution in [0.15, 0.2) is 30.6 Å². The summed E-state index contributed by atoms with van der Waals surface area (Å²) in [4.78, 5) is 16.5. The summed E-state index contributed by atoms with van der Waals surface area (Å²) in [6, 6.07) is 4.31. The van der Waals surface area contributed by atoms with Crippen molar-refractivity contribution in [2.75, 3.05) is 6.54 Å². The minimum atomic E-state index is 0.282. The van der Waals surface area contributed by atoms with Crippen molar-refractivity contribution in [2.45, 2.75) is 58.8 Å².